The molecule has 0 saturated heterocycles. The average Bonchev–Trinajstić information content (AvgIpc) is 2.46. The van der Waals surface area contributed by atoms with Crippen LogP contribution in [0.3, 0.4) is 0 Å². The lowest BCUT2D eigenvalue weighted by Crippen LogP contribution is -2.24. The Kier molecular flexibility index (Phi) is 7.86. The maximum Gasteiger partial charge on any atom is 0.0990 e. The van der Waals surface area contributed by atoms with Crippen molar-refractivity contribution in [1.82, 2.24) is 0 Å². The molecule has 0 bridgehead atoms. The Morgan fingerprint density at radius 2 is 1.70 bits per heavy atom. The van der Waals surface area contributed by atoms with E-state index in [1.165, 1.54) is 24.1 Å². The maximum absolute atomic E-state index is 5.56. The second-order valence-corrected chi connectivity index (χ2v) is 5.27. The summed E-state index contributed by atoms with van der Waals surface area (Å²) in [5, 5.41) is 0. The summed E-state index contributed by atoms with van der Waals surface area (Å²) in [7, 11) is 0. The zero-order chi connectivity index (χ0) is 14.8. The summed E-state index contributed by atoms with van der Waals surface area (Å²) in [5.74, 6) is 0. The molecule has 1 rings (SSSR count). The first-order valence-corrected chi connectivity index (χ1v) is 7.81. The van der Waals surface area contributed by atoms with Crippen molar-refractivity contribution in [2.24, 2.45) is 0 Å². The van der Waals surface area contributed by atoms with Crippen LogP contribution in [0.15, 0.2) is 36.6 Å². The molecule has 112 valence electrons. The zero-order valence-electron chi connectivity index (χ0n) is 13.4. The fourth-order valence-electron chi connectivity index (χ4n) is 2.35. The van der Waals surface area contributed by atoms with Gasteiger partial charge in [-0.25, -0.2) is 0 Å². The quantitative estimate of drug-likeness (QED) is 0.601. The highest BCUT2D eigenvalue weighted by Gasteiger charge is 2.06. The van der Waals surface area contributed by atoms with Crippen molar-refractivity contribution in [2.75, 3.05) is 18.0 Å². The number of hydrogen-bond donors (Lipinski definition) is 0. The summed E-state index contributed by atoms with van der Waals surface area (Å²) >= 11 is 0. The minimum absolute atomic E-state index is 0.222. The van der Waals surface area contributed by atoms with E-state index in [1.807, 2.05) is 13.0 Å². The van der Waals surface area contributed by atoms with E-state index in [2.05, 4.69) is 49.9 Å². The molecule has 0 spiro atoms. The molecule has 1 atom stereocenters. The fourth-order valence-corrected chi connectivity index (χ4v) is 2.35. The van der Waals surface area contributed by atoms with Gasteiger partial charge in [-0.3, -0.25) is 0 Å². The lowest BCUT2D eigenvalue weighted by Gasteiger charge is -2.24. The molecule has 0 N–H and O–H groups in total. The van der Waals surface area contributed by atoms with Gasteiger partial charge >= 0.3 is 0 Å². The van der Waals surface area contributed by atoms with Crippen LogP contribution in [0.25, 0.3) is 0 Å². The predicted molar refractivity (Wildman–Crippen MR) is 88.3 cm³/mol. The van der Waals surface area contributed by atoms with E-state index in [-0.39, 0.29) is 6.10 Å². The van der Waals surface area contributed by atoms with Crippen LogP contribution >= 0.6 is 0 Å². The Balaban J connectivity index is 2.62. The molecule has 0 aromatic heterocycles. The van der Waals surface area contributed by atoms with Gasteiger partial charge in [0.05, 0.1) is 12.4 Å². The van der Waals surface area contributed by atoms with Crippen LogP contribution < -0.4 is 4.90 Å². The Bertz CT molecular complexity index is 377. The largest absolute Gasteiger partial charge is 0.498 e. The molecule has 0 aliphatic heterocycles. The number of benzene rings is 1. The Morgan fingerprint density at radius 3 is 2.20 bits per heavy atom. The highest BCUT2D eigenvalue weighted by atomic mass is 16.5. The van der Waals surface area contributed by atoms with Crippen LogP contribution in [0.1, 0.15) is 46.1 Å². The van der Waals surface area contributed by atoms with Gasteiger partial charge in [-0.15, -0.1) is 0 Å². The number of ether oxygens (including phenoxy) is 1. The van der Waals surface area contributed by atoms with E-state index in [1.54, 1.807) is 6.26 Å². The van der Waals surface area contributed by atoms with Crippen LogP contribution in [0.5, 0.6) is 0 Å². The van der Waals surface area contributed by atoms with Gasteiger partial charge in [-0.1, -0.05) is 32.1 Å². The molecular formula is C18H29NO. The van der Waals surface area contributed by atoms with E-state index in [0.29, 0.717) is 0 Å². The molecule has 1 unspecified atom stereocenters. The minimum atomic E-state index is 0.222. The molecule has 0 aliphatic rings. The molecule has 0 amide bonds. The summed E-state index contributed by atoms with van der Waals surface area (Å²) < 4.78 is 5.56. The van der Waals surface area contributed by atoms with E-state index in [4.69, 9.17) is 4.74 Å². The lowest BCUT2D eigenvalue weighted by atomic mass is 10.1. The van der Waals surface area contributed by atoms with Gasteiger partial charge in [-0.05, 0) is 44.4 Å². The SMILES string of the molecule is CC=COC(C)Cc1ccc(N(CCC)CCC)cc1. The molecule has 0 fully saturated rings. The monoisotopic (exact) mass is 275 g/mol. The van der Waals surface area contributed by atoms with Crippen LogP contribution in [0, 0.1) is 0 Å². The molecule has 0 saturated carbocycles. The summed E-state index contributed by atoms with van der Waals surface area (Å²) in [5.41, 5.74) is 2.66. The smallest absolute Gasteiger partial charge is 0.0990 e. The van der Waals surface area contributed by atoms with Gasteiger partial charge in [0.25, 0.3) is 0 Å². The molecule has 0 heterocycles. The van der Waals surface area contributed by atoms with Gasteiger partial charge < -0.3 is 9.64 Å². The van der Waals surface area contributed by atoms with Gasteiger partial charge in [0.1, 0.15) is 0 Å². The van der Waals surface area contributed by atoms with E-state index >= 15 is 0 Å². The third-order valence-electron chi connectivity index (χ3n) is 3.26. The van der Waals surface area contributed by atoms with Crippen LogP contribution in [-0.4, -0.2) is 19.2 Å². The topological polar surface area (TPSA) is 12.5 Å². The molecule has 0 aliphatic carbocycles. The first-order chi connectivity index (χ1) is 9.71. The standard InChI is InChI=1S/C18H29NO/c1-5-12-19(13-6-2)18-10-8-17(9-11-18)15-16(4)20-14-7-3/h7-11,14,16H,5-6,12-13,15H2,1-4H3. The number of rotatable bonds is 9. The van der Waals surface area contributed by atoms with E-state index in [0.717, 1.165) is 19.5 Å². The second-order valence-electron chi connectivity index (χ2n) is 5.27. The van der Waals surface area contributed by atoms with Gasteiger partial charge in [0, 0.05) is 25.2 Å². The van der Waals surface area contributed by atoms with Crippen LogP contribution in [-0.2, 0) is 11.2 Å². The normalized spacial score (nSPS) is 12.6. The maximum atomic E-state index is 5.56. The Hall–Kier alpha value is -1.44. The van der Waals surface area contributed by atoms with Gasteiger partial charge in [-0.2, -0.15) is 0 Å². The minimum Gasteiger partial charge on any atom is -0.498 e. The van der Waals surface area contributed by atoms with Crippen molar-refractivity contribution in [2.45, 2.75) is 53.1 Å². The molecular weight excluding hydrogens is 246 g/mol. The van der Waals surface area contributed by atoms with E-state index < -0.39 is 0 Å². The number of nitrogens with zero attached hydrogens (tertiary/aromatic N) is 1. The van der Waals surface area contributed by atoms with Gasteiger partial charge in [0.15, 0.2) is 0 Å². The van der Waals surface area contributed by atoms with Crippen molar-refractivity contribution in [1.29, 1.82) is 0 Å². The Morgan fingerprint density at radius 1 is 1.10 bits per heavy atom. The Labute approximate surface area is 124 Å². The molecule has 1 aromatic carbocycles. The molecule has 2 heteroatoms. The third-order valence-corrected chi connectivity index (χ3v) is 3.26. The zero-order valence-corrected chi connectivity index (χ0v) is 13.4. The summed E-state index contributed by atoms with van der Waals surface area (Å²) in [6, 6.07) is 8.93. The molecule has 0 radical (unpaired) electrons. The van der Waals surface area contributed by atoms with Crippen molar-refractivity contribution in [3.63, 3.8) is 0 Å². The number of hydrogen-bond acceptors (Lipinski definition) is 2. The fraction of sp³-hybridized carbons (Fsp3) is 0.556. The van der Waals surface area contributed by atoms with Crippen molar-refractivity contribution < 1.29 is 4.74 Å². The van der Waals surface area contributed by atoms with Crippen LogP contribution in [0.4, 0.5) is 5.69 Å². The summed E-state index contributed by atoms with van der Waals surface area (Å²) in [6.45, 7) is 10.8. The average molecular weight is 275 g/mol. The first-order valence-electron chi connectivity index (χ1n) is 7.81. The van der Waals surface area contributed by atoms with Crippen molar-refractivity contribution in [3.8, 4) is 0 Å². The van der Waals surface area contributed by atoms with Crippen molar-refractivity contribution in [3.05, 3.63) is 42.2 Å². The van der Waals surface area contributed by atoms with Crippen LogP contribution in [0.2, 0.25) is 0 Å². The summed E-state index contributed by atoms with van der Waals surface area (Å²) in [6.07, 6.45) is 7.24. The highest BCUT2D eigenvalue weighted by Crippen LogP contribution is 2.17. The first kappa shape index (κ1) is 16.6. The summed E-state index contributed by atoms with van der Waals surface area (Å²) in [4.78, 5) is 2.46. The lowest BCUT2D eigenvalue weighted by molar-refractivity contribution is 0.161. The molecule has 2 nitrogen and oxygen atoms in total. The highest BCUT2D eigenvalue weighted by molar-refractivity contribution is 5.47. The van der Waals surface area contributed by atoms with Crippen molar-refractivity contribution >= 4 is 5.69 Å². The molecule has 1 aromatic rings. The van der Waals surface area contributed by atoms with E-state index in [9.17, 15) is 0 Å². The third kappa shape index (κ3) is 5.68. The number of anilines is 1. The second kappa shape index (κ2) is 9.46. The molecule has 20 heavy (non-hydrogen) atoms. The number of allylic oxidation sites excluding steroid dienone is 1. The predicted octanol–water partition coefficient (Wildman–Crippen LogP) is 4.79. The van der Waals surface area contributed by atoms with Gasteiger partial charge in [0.2, 0.25) is 0 Å².